The first kappa shape index (κ1) is 10.9. The monoisotopic (exact) mass is 211 g/mol. The first-order valence-electron chi connectivity index (χ1n) is 6.15. The van der Waals surface area contributed by atoms with Gasteiger partial charge in [0, 0.05) is 12.1 Å². The van der Waals surface area contributed by atoms with Gasteiger partial charge in [-0.2, -0.15) is 0 Å². The van der Waals surface area contributed by atoms with Gasteiger partial charge in [-0.25, -0.2) is 0 Å². The molecule has 2 atom stereocenters. The lowest BCUT2D eigenvalue weighted by Gasteiger charge is -2.24. The molecule has 0 heterocycles. The van der Waals surface area contributed by atoms with Crippen LogP contribution in [0, 0.1) is 5.92 Å². The molecule has 2 unspecified atom stereocenters. The van der Waals surface area contributed by atoms with E-state index in [1.54, 1.807) is 0 Å². The Morgan fingerprint density at radius 3 is 2.53 bits per heavy atom. The van der Waals surface area contributed by atoms with Crippen LogP contribution in [-0.4, -0.2) is 25.2 Å². The van der Waals surface area contributed by atoms with Crippen LogP contribution in [0.25, 0.3) is 0 Å². The van der Waals surface area contributed by atoms with Crippen molar-refractivity contribution in [3.05, 3.63) is 0 Å². The van der Waals surface area contributed by atoms with Gasteiger partial charge in [-0.3, -0.25) is 4.79 Å². The minimum absolute atomic E-state index is 0.0185. The van der Waals surface area contributed by atoms with Crippen molar-refractivity contribution in [2.75, 3.05) is 7.11 Å². The number of ether oxygens (including phenoxy) is 1. The third-order valence-corrected chi connectivity index (χ3v) is 3.55. The van der Waals surface area contributed by atoms with Crippen molar-refractivity contribution in [1.29, 1.82) is 0 Å². The van der Waals surface area contributed by atoms with Crippen LogP contribution in [0.15, 0.2) is 0 Å². The predicted octanol–water partition coefficient (Wildman–Crippen LogP) is 1.86. The topological polar surface area (TPSA) is 38.3 Å². The van der Waals surface area contributed by atoms with Crippen LogP contribution in [-0.2, 0) is 9.53 Å². The molecule has 2 fully saturated rings. The van der Waals surface area contributed by atoms with E-state index in [1.807, 2.05) is 0 Å². The molecule has 0 saturated heterocycles. The molecule has 1 N–H and O–H groups in total. The SMILES string of the molecule is COC(=O)C1CCCCCC1NC1CC1. The molecule has 0 aromatic heterocycles. The highest BCUT2D eigenvalue weighted by atomic mass is 16.5. The molecule has 0 bridgehead atoms. The van der Waals surface area contributed by atoms with Gasteiger partial charge in [0.05, 0.1) is 13.0 Å². The summed E-state index contributed by atoms with van der Waals surface area (Å²) in [5, 5.41) is 3.60. The summed E-state index contributed by atoms with van der Waals surface area (Å²) in [4.78, 5) is 11.7. The quantitative estimate of drug-likeness (QED) is 0.572. The molecule has 0 aromatic carbocycles. The Morgan fingerprint density at radius 1 is 1.13 bits per heavy atom. The van der Waals surface area contributed by atoms with E-state index >= 15 is 0 Å². The van der Waals surface area contributed by atoms with Crippen molar-refractivity contribution in [3.8, 4) is 0 Å². The Balaban J connectivity index is 1.95. The van der Waals surface area contributed by atoms with Crippen molar-refractivity contribution in [1.82, 2.24) is 5.32 Å². The Bertz CT molecular complexity index is 226. The number of carbonyl (C=O) groups is 1. The third kappa shape index (κ3) is 2.94. The van der Waals surface area contributed by atoms with E-state index in [4.69, 9.17) is 4.74 Å². The fourth-order valence-corrected chi connectivity index (χ4v) is 2.49. The third-order valence-electron chi connectivity index (χ3n) is 3.55. The maximum Gasteiger partial charge on any atom is 0.310 e. The lowest BCUT2D eigenvalue weighted by Crippen LogP contribution is -2.41. The number of carbonyl (C=O) groups excluding carboxylic acids is 1. The second-order valence-electron chi connectivity index (χ2n) is 4.82. The zero-order chi connectivity index (χ0) is 10.7. The molecular weight excluding hydrogens is 190 g/mol. The summed E-state index contributed by atoms with van der Waals surface area (Å²) in [6.45, 7) is 0. The van der Waals surface area contributed by atoms with E-state index in [0.717, 1.165) is 12.8 Å². The van der Waals surface area contributed by atoms with Gasteiger partial charge in [0.25, 0.3) is 0 Å². The van der Waals surface area contributed by atoms with Crippen molar-refractivity contribution < 1.29 is 9.53 Å². The largest absolute Gasteiger partial charge is 0.469 e. The highest BCUT2D eigenvalue weighted by molar-refractivity contribution is 5.73. The normalized spacial score (nSPS) is 32.1. The Hall–Kier alpha value is -0.570. The number of methoxy groups -OCH3 is 1. The highest BCUT2D eigenvalue weighted by Gasteiger charge is 2.34. The molecule has 2 aliphatic rings. The van der Waals surface area contributed by atoms with Gasteiger partial charge in [-0.15, -0.1) is 0 Å². The van der Waals surface area contributed by atoms with Crippen LogP contribution in [0.2, 0.25) is 0 Å². The van der Waals surface area contributed by atoms with Crippen molar-refractivity contribution >= 4 is 5.97 Å². The van der Waals surface area contributed by atoms with Gasteiger partial charge in [-0.05, 0) is 25.7 Å². The summed E-state index contributed by atoms with van der Waals surface area (Å²) in [5.74, 6) is 0.0770. The van der Waals surface area contributed by atoms with Gasteiger partial charge in [-0.1, -0.05) is 19.3 Å². The zero-order valence-electron chi connectivity index (χ0n) is 9.50. The minimum Gasteiger partial charge on any atom is -0.469 e. The molecule has 3 heteroatoms. The zero-order valence-corrected chi connectivity index (χ0v) is 9.50. The Kier molecular flexibility index (Phi) is 3.62. The van der Waals surface area contributed by atoms with Gasteiger partial charge < -0.3 is 10.1 Å². The molecule has 3 nitrogen and oxygen atoms in total. The second kappa shape index (κ2) is 4.97. The van der Waals surface area contributed by atoms with Crippen molar-refractivity contribution in [2.24, 2.45) is 5.92 Å². The number of nitrogens with one attached hydrogen (secondary N) is 1. The average Bonchev–Trinajstić information content (AvgIpc) is 3.05. The van der Waals surface area contributed by atoms with Crippen LogP contribution >= 0.6 is 0 Å². The van der Waals surface area contributed by atoms with Crippen LogP contribution < -0.4 is 5.32 Å². The van der Waals surface area contributed by atoms with Gasteiger partial charge in [0.1, 0.15) is 0 Å². The fourth-order valence-electron chi connectivity index (χ4n) is 2.49. The number of esters is 1. The summed E-state index contributed by atoms with van der Waals surface area (Å²) in [7, 11) is 1.50. The molecular formula is C12H21NO2. The summed E-state index contributed by atoms with van der Waals surface area (Å²) in [5.41, 5.74) is 0. The van der Waals surface area contributed by atoms with Crippen LogP contribution in [0.4, 0.5) is 0 Å². The van der Waals surface area contributed by atoms with Crippen LogP contribution in [0.5, 0.6) is 0 Å². The van der Waals surface area contributed by atoms with Gasteiger partial charge in [0.15, 0.2) is 0 Å². The first-order chi connectivity index (χ1) is 7.31. The molecule has 2 rings (SSSR count). The van der Waals surface area contributed by atoms with Crippen LogP contribution in [0.3, 0.4) is 0 Å². The highest BCUT2D eigenvalue weighted by Crippen LogP contribution is 2.28. The van der Waals surface area contributed by atoms with E-state index in [9.17, 15) is 4.79 Å². The number of rotatable bonds is 3. The molecule has 15 heavy (non-hydrogen) atoms. The minimum atomic E-state index is -0.0185. The lowest BCUT2D eigenvalue weighted by molar-refractivity contribution is -0.146. The summed E-state index contributed by atoms with van der Waals surface area (Å²) in [6, 6.07) is 1.05. The number of hydrogen-bond donors (Lipinski definition) is 1. The molecule has 2 aliphatic carbocycles. The molecule has 86 valence electrons. The Morgan fingerprint density at radius 2 is 1.87 bits per heavy atom. The Labute approximate surface area is 91.6 Å². The molecule has 0 radical (unpaired) electrons. The summed E-state index contributed by atoms with van der Waals surface area (Å²) >= 11 is 0. The molecule has 0 aromatic rings. The summed E-state index contributed by atoms with van der Waals surface area (Å²) in [6.07, 6.45) is 8.37. The maximum absolute atomic E-state index is 11.7. The van der Waals surface area contributed by atoms with Gasteiger partial charge >= 0.3 is 5.97 Å². The summed E-state index contributed by atoms with van der Waals surface area (Å²) < 4.78 is 4.90. The van der Waals surface area contributed by atoms with E-state index in [2.05, 4.69) is 5.32 Å². The van der Waals surface area contributed by atoms with E-state index in [0.29, 0.717) is 12.1 Å². The van der Waals surface area contributed by atoms with E-state index in [1.165, 1.54) is 39.2 Å². The smallest absolute Gasteiger partial charge is 0.310 e. The fraction of sp³-hybridized carbons (Fsp3) is 0.917. The molecule has 0 spiro atoms. The van der Waals surface area contributed by atoms with E-state index in [-0.39, 0.29) is 11.9 Å². The van der Waals surface area contributed by atoms with Crippen molar-refractivity contribution in [2.45, 2.75) is 57.0 Å². The van der Waals surface area contributed by atoms with E-state index < -0.39 is 0 Å². The lowest BCUT2D eigenvalue weighted by atomic mass is 9.95. The predicted molar refractivity (Wildman–Crippen MR) is 58.5 cm³/mol. The standard InChI is InChI=1S/C12H21NO2/c1-15-12(14)10-5-3-2-4-6-11(10)13-9-7-8-9/h9-11,13H,2-8H2,1H3. The molecule has 0 aliphatic heterocycles. The van der Waals surface area contributed by atoms with Crippen LogP contribution in [0.1, 0.15) is 44.9 Å². The molecule has 0 amide bonds. The molecule has 2 saturated carbocycles. The number of hydrogen-bond acceptors (Lipinski definition) is 3. The average molecular weight is 211 g/mol. The first-order valence-corrected chi connectivity index (χ1v) is 6.15. The van der Waals surface area contributed by atoms with Crippen molar-refractivity contribution in [3.63, 3.8) is 0 Å². The second-order valence-corrected chi connectivity index (χ2v) is 4.82. The maximum atomic E-state index is 11.7. The van der Waals surface area contributed by atoms with Gasteiger partial charge in [0.2, 0.25) is 0 Å².